The van der Waals surface area contributed by atoms with Gasteiger partial charge in [0.2, 0.25) is 0 Å². The zero-order valence-electron chi connectivity index (χ0n) is 12.5. The molecular formula is C16H30O. The van der Waals surface area contributed by atoms with Crippen molar-refractivity contribution in [3.8, 4) is 0 Å². The molecule has 0 spiro atoms. The monoisotopic (exact) mass is 238 g/mol. The molecule has 0 N–H and O–H groups in total. The van der Waals surface area contributed by atoms with Crippen molar-refractivity contribution in [1.82, 2.24) is 0 Å². The highest BCUT2D eigenvalue weighted by Gasteiger charge is 2.12. The van der Waals surface area contributed by atoms with E-state index in [1.54, 1.807) is 0 Å². The summed E-state index contributed by atoms with van der Waals surface area (Å²) >= 11 is 0. The van der Waals surface area contributed by atoms with Crippen LogP contribution in [0.25, 0.3) is 0 Å². The molecule has 0 aromatic carbocycles. The molecule has 0 amide bonds. The van der Waals surface area contributed by atoms with E-state index in [1.807, 2.05) is 12.5 Å². The molecule has 1 nitrogen and oxygen atoms in total. The molecule has 0 atom stereocenters. The van der Waals surface area contributed by atoms with Crippen molar-refractivity contribution in [2.24, 2.45) is 10.8 Å². The second-order valence-corrected chi connectivity index (χ2v) is 6.22. The zero-order valence-corrected chi connectivity index (χ0v) is 12.5. The summed E-state index contributed by atoms with van der Waals surface area (Å²) in [7, 11) is 0. The molecule has 0 saturated carbocycles. The van der Waals surface area contributed by atoms with Gasteiger partial charge in [0.1, 0.15) is 0 Å². The van der Waals surface area contributed by atoms with Crippen LogP contribution in [0.2, 0.25) is 0 Å². The van der Waals surface area contributed by atoms with Gasteiger partial charge in [-0.2, -0.15) is 0 Å². The maximum atomic E-state index is 5.44. The lowest BCUT2D eigenvalue weighted by Gasteiger charge is -2.19. The van der Waals surface area contributed by atoms with E-state index >= 15 is 0 Å². The highest BCUT2D eigenvalue weighted by Crippen LogP contribution is 2.25. The third kappa shape index (κ3) is 9.02. The van der Waals surface area contributed by atoms with E-state index in [0.29, 0.717) is 0 Å². The van der Waals surface area contributed by atoms with Gasteiger partial charge in [-0.25, -0.2) is 0 Å². The average molecular weight is 238 g/mol. The van der Waals surface area contributed by atoms with Gasteiger partial charge in [-0.1, -0.05) is 54.4 Å². The Kier molecular flexibility index (Phi) is 7.26. The molecule has 0 saturated heterocycles. The minimum atomic E-state index is 0.238. The molecule has 0 bridgehead atoms. The van der Waals surface area contributed by atoms with Crippen molar-refractivity contribution in [3.63, 3.8) is 0 Å². The molecule has 17 heavy (non-hydrogen) atoms. The van der Waals surface area contributed by atoms with Crippen molar-refractivity contribution in [2.45, 2.75) is 67.2 Å². The number of rotatable bonds is 8. The third-order valence-corrected chi connectivity index (χ3v) is 2.98. The Hall–Kier alpha value is -0.720. The Labute approximate surface area is 108 Å². The van der Waals surface area contributed by atoms with Crippen molar-refractivity contribution in [3.05, 3.63) is 24.7 Å². The normalized spacial score (nSPS) is 13.8. The fourth-order valence-electron chi connectivity index (χ4n) is 1.95. The molecule has 0 aliphatic rings. The minimum Gasteiger partial charge on any atom is -0.473 e. The van der Waals surface area contributed by atoms with Crippen molar-refractivity contribution in [2.75, 3.05) is 0 Å². The van der Waals surface area contributed by atoms with Crippen LogP contribution in [0.5, 0.6) is 0 Å². The van der Waals surface area contributed by atoms with Crippen LogP contribution < -0.4 is 0 Å². The highest BCUT2D eigenvalue weighted by molar-refractivity contribution is 4.94. The Morgan fingerprint density at radius 2 is 1.12 bits per heavy atom. The van der Waals surface area contributed by atoms with E-state index in [9.17, 15) is 0 Å². The molecule has 0 aliphatic heterocycles. The average Bonchev–Trinajstić information content (AvgIpc) is 2.16. The molecule has 0 aliphatic carbocycles. The summed E-state index contributed by atoms with van der Waals surface area (Å²) in [4.78, 5) is 0. The summed E-state index contributed by atoms with van der Waals surface area (Å²) < 4.78 is 5.44. The molecule has 1 heteroatoms. The topological polar surface area (TPSA) is 9.23 Å². The van der Waals surface area contributed by atoms with Gasteiger partial charge in [-0.3, -0.25) is 0 Å². The molecule has 0 radical (unpaired) electrons. The van der Waals surface area contributed by atoms with Crippen LogP contribution in [0.1, 0.15) is 67.2 Å². The fourth-order valence-corrected chi connectivity index (χ4v) is 1.95. The van der Waals surface area contributed by atoms with Crippen LogP contribution in [0.3, 0.4) is 0 Å². The van der Waals surface area contributed by atoms with E-state index in [0.717, 1.165) is 0 Å². The summed E-state index contributed by atoms with van der Waals surface area (Å²) in [6.45, 7) is 13.4. The van der Waals surface area contributed by atoms with Gasteiger partial charge >= 0.3 is 0 Å². The van der Waals surface area contributed by atoms with Crippen molar-refractivity contribution in [1.29, 1.82) is 0 Å². The molecule has 0 heterocycles. The van der Waals surface area contributed by atoms with E-state index in [4.69, 9.17) is 4.74 Å². The van der Waals surface area contributed by atoms with Gasteiger partial charge < -0.3 is 4.74 Å². The Bertz CT molecular complexity index is 220. The van der Waals surface area contributed by atoms with Gasteiger partial charge in [0.15, 0.2) is 0 Å². The predicted octanol–water partition coefficient (Wildman–Crippen LogP) is 5.68. The van der Waals surface area contributed by atoms with Gasteiger partial charge in [0.05, 0.1) is 12.5 Å². The molecule has 100 valence electrons. The smallest absolute Gasteiger partial charge is 0.0866 e. The molecular weight excluding hydrogens is 208 g/mol. The van der Waals surface area contributed by atoms with Gasteiger partial charge in [-0.05, 0) is 35.8 Å². The lowest BCUT2D eigenvalue weighted by Crippen LogP contribution is -2.06. The number of allylic oxidation sites excluding steroid dienone is 2. The van der Waals surface area contributed by atoms with Gasteiger partial charge in [0, 0.05) is 0 Å². The predicted molar refractivity (Wildman–Crippen MR) is 76.7 cm³/mol. The first-order chi connectivity index (χ1) is 7.83. The van der Waals surface area contributed by atoms with E-state index in [2.05, 4.69) is 53.7 Å². The highest BCUT2D eigenvalue weighted by atomic mass is 16.5. The number of ether oxygens (including phenoxy) is 1. The summed E-state index contributed by atoms with van der Waals surface area (Å²) in [5.74, 6) is 0. The van der Waals surface area contributed by atoms with Gasteiger partial charge in [-0.15, -0.1) is 0 Å². The van der Waals surface area contributed by atoms with Crippen LogP contribution in [0, 0.1) is 10.8 Å². The Morgan fingerprint density at radius 3 is 1.41 bits per heavy atom. The van der Waals surface area contributed by atoms with Crippen molar-refractivity contribution >= 4 is 0 Å². The van der Waals surface area contributed by atoms with Gasteiger partial charge in [0.25, 0.3) is 0 Å². The first-order valence-corrected chi connectivity index (χ1v) is 6.84. The summed E-state index contributed by atoms with van der Waals surface area (Å²) in [6.07, 6.45) is 12.7. The standard InChI is InChI=1S/C16H30O/c1-7-9-15(3,4)11-13-17-14-12-16(5,6)10-8-2/h11-14H,7-10H2,1-6H3. The Morgan fingerprint density at radius 1 is 0.765 bits per heavy atom. The van der Waals surface area contributed by atoms with E-state index in [1.165, 1.54) is 25.7 Å². The molecule has 0 aromatic heterocycles. The quantitative estimate of drug-likeness (QED) is 0.494. The summed E-state index contributed by atoms with van der Waals surface area (Å²) in [5.41, 5.74) is 0.475. The lowest BCUT2D eigenvalue weighted by molar-refractivity contribution is 0.355. The number of hydrogen-bond acceptors (Lipinski definition) is 1. The first kappa shape index (κ1) is 16.3. The van der Waals surface area contributed by atoms with Crippen LogP contribution in [-0.2, 0) is 4.74 Å². The molecule has 0 aromatic rings. The third-order valence-electron chi connectivity index (χ3n) is 2.98. The van der Waals surface area contributed by atoms with Crippen LogP contribution in [-0.4, -0.2) is 0 Å². The maximum absolute atomic E-state index is 5.44. The largest absolute Gasteiger partial charge is 0.473 e. The molecule has 0 fully saturated rings. The minimum absolute atomic E-state index is 0.238. The zero-order chi connectivity index (χ0) is 13.4. The van der Waals surface area contributed by atoms with E-state index in [-0.39, 0.29) is 10.8 Å². The van der Waals surface area contributed by atoms with Crippen LogP contribution in [0.15, 0.2) is 24.7 Å². The molecule has 0 unspecified atom stereocenters. The van der Waals surface area contributed by atoms with Crippen LogP contribution in [0.4, 0.5) is 0 Å². The van der Waals surface area contributed by atoms with E-state index < -0.39 is 0 Å². The second kappa shape index (κ2) is 7.58. The lowest BCUT2D eigenvalue weighted by atomic mass is 9.88. The fraction of sp³-hybridized carbons (Fsp3) is 0.750. The maximum Gasteiger partial charge on any atom is 0.0866 e. The summed E-state index contributed by atoms with van der Waals surface area (Å²) in [6, 6.07) is 0. The second-order valence-electron chi connectivity index (χ2n) is 6.22. The van der Waals surface area contributed by atoms with Crippen LogP contribution >= 0.6 is 0 Å². The molecule has 0 rings (SSSR count). The Balaban J connectivity index is 4.06. The number of hydrogen-bond donors (Lipinski definition) is 0. The first-order valence-electron chi connectivity index (χ1n) is 6.84. The van der Waals surface area contributed by atoms with Crippen molar-refractivity contribution < 1.29 is 4.74 Å². The summed E-state index contributed by atoms with van der Waals surface area (Å²) in [5, 5.41) is 0. The SMILES string of the molecule is CCCC(C)(C)C=COC=CC(C)(C)CCC.